The molecule has 1 N–H and O–H groups in total. The largest absolute Gasteiger partial charge is 0.317 e. The summed E-state index contributed by atoms with van der Waals surface area (Å²) in [6.45, 7) is 3.56. The van der Waals surface area contributed by atoms with Gasteiger partial charge in [-0.05, 0) is 70.4 Å². The summed E-state index contributed by atoms with van der Waals surface area (Å²) in [5.74, 6) is 1.59. The Kier molecular flexibility index (Phi) is 5.21. The van der Waals surface area contributed by atoms with Crippen LogP contribution >= 0.6 is 0 Å². The van der Waals surface area contributed by atoms with Gasteiger partial charge < -0.3 is 10.2 Å². The molecule has 0 radical (unpaired) electrons. The molecule has 1 atom stereocenters. The second kappa shape index (κ2) is 6.91. The van der Waals surface area contributed by atoms with E-state index in [0.717, 1.165) is 11.8 Å². The molecule has 0 aliphatic carbocycles. The van der Waals surface area contributed by atoms with Crippen LogP contribution in [0.25, 0.3) is 0 Å². The lowest BCUT2D eigenvalue weighted by Gasteiger charge is -2.32. The van der Waals surface area contributed by atoms with Crippen LogP contribution in [0.2, 0.25) is 0 Å². The molecule has 1 aromatic carbocycles. The van der Waals surface area contributed by atoms with Gasteiger partial charge in [0.05, 0.1) is 0 Å². The van der Waals surface area contributed by atoms with Crippen LogP contribution in [0.15, 0.2) is 30.3 Å². The van der Waals surface area contributed by atoms with Gasteiger partial charge in [-0.25, -0.2) is 0 Å². The van der Waals surface area contributed by atoms with E-state index in [1.807, 2.05) is 0 Å². The Morgan fingerprint density at radius 1 is 1.17 bits per heavy atom. The Balaban J connectivity index is 2.06. The lowest BCUT2D eigenvalue weighted by molar-refractivity contribution is 0.281. The molecular formula is C16H26N2. The number of rotatable bonds is 5. The highest BCUT2D eigenvalue weighted by molar-refractivity contribution is 5.20. The highest BCUT2D eigenvalue weighted by Crippen LogP contribution is 2.33. The molecule has 2 heteroatoms. The second-order valence-electron chi connectivity index (χ2n) is 5.70. The highest BCUT2D eigenvalue weighted by atomic mass is 15.0. The molecule has 1 aliphatic rings. The van der Waals surface area contributed by atoms with E-state index in [9.17, 15) is 0 Å². The van der Waals surface area contributed by atoms with E-state index in [-0.39, 0.29) is 0 Å². The van der Waals surface area contributed by atoms with Gasteiger partial charge in [-0.15, -0.1) is 0 Å². The first-order valence-corrected chi connectivity index (χ1v) is 7.18. The van der Waals surface area contributed by atoms with E-state index >= 15 is 0 Å². The van der Waals surface area contributed by atoms with Crippen LogP contribution in [0, 0.1) is 5.92 Å². The first-order valence-electron chi connectivity index (χ1n) is 7.18. The summed E-state index contributed by atoms with van der Waals surface area (Å²) in [4.78, 5) is 2.30. The van der Waals surface area contributed by atoms with Crippen LogP contribution in [0.4, 0.5) is 0 Å². The number of hydrogen-bond acceptors (Lipinski definition) is 2. The molecule has 1 fully saturated rings. The molecular weight excluding hydrogens is 220 g/mol. The maximum atomic E-state index is 3.48. The van der Waals surface area contributed by atoms with Crippen molar-refractivity contribution < 1.29 is 0 Å². The van der Waals surface area contributed by atoms with Gasteiger partial charge in [0.2, 0.25) is 0 Å². The third-order valence-corrected chi connectivity index (χ3v) is 4.07. The molecule has 1 unspecified atom stereocenters. The maximum absolute atomic E-state index is 3.48. The predicted octanol–water partition coefficient (Wildman–Crippen LogP) is 2.72. The van der Waals surface area contributed by atoms with Crippen molar-refractivity contribution in [3.63, 3.8) is 0 Å². The molecule has 18 heavy (non-hydrogen) atoms. The molecule has 1 saturated heterocycles. The van der Waals surface area contributed by atoms with Crippen molar-refractivity contribution in [1.82, 2.24) is 10.2 Å². The number of nitrogens with one attached hydrogen (secondary N) is 1. The zero-order valence-corrected chi connectivity index (χ0v) is 11.7. The van der Waals surface area contributed by atoms with Gasteiger partial charge in [0.15, 0.2) is 0 Å². The van der Waals surface area contributed by atoms with Crippen LogP contribution in [0.5, 0.6) is 0 Å². The molecule has 2 rings (SSSR count). The number of benzene rings is 1. The van der Waals surface area contributed by atoms with Crippen molar-refractivity contribution in [3.8, 4) is 0 Å². The van der Waals surface area contributed by atoms with Crippen LogP contribution in [-0.4, -0.2) is 38.6 Å². The number of hydrogen-bond donors (Lipinski definition) is 1. The topological polar surface area (TPSA) is 15.3 Å². The Bertz CT molecular complexity index is 328. The molecule has 0 amide bonds. The van der Waals surface area contributed by atoms with Crippen LogP contribution in [-0.2, 0) is 0 Å². The Morgan fingerprint density at radius 3 is 2.44 bits per heavy atom. The van der Waals surface area contributed by atoms with Gasteiger partial charge in [0.1, 0.15) is 0 Å². The van der Waals surface area contributed by atoms with Crippen molar-refractivity contribution in [3.05, 3.63) is 35.9 Å². The first-order chi connectivity index (χ1) is 8.77. The molecule has 0 aromatic heterocycles. The van der Waals surface area contributed by atoms with E-state index in [0.29, 0.717) is 0 Å². The molecule has 0 saturated carbocycles. The highest BCUT2D eigenvalue weighted by Gasteiger charge is 2.24. The quantitative estimate of drug-likeness (QED) is 0.859. The van der Waals surface area contributed by atoms with Gasteiger partial charge in [0, 0.05) is 0 Å². The van der Waals surface area contributed by atoms with Gasteiger partial charge in [-0.2, -0.15) is 0 Å². The Hall–Kier alpha value is -0.860. The Labute approximate surface area is 111 Å². The summed E-state index contributed by atoms with van der Waals surface area (Å²) in [5.41, 5.74) is 1.53. The van der Waals surface area contributed by atoms with E-state index in [1.54, 1.807) is 0 Å². The Morgan fingerprint density at radius 2 is 1.83 bits per heavy atom. The summed E-state index contributed by atoms with van der Waals surface area (Å²) >= 11 is 0. The molecule has 2 nitrogen and oxygen atoms in total. The van der Waals surface area contributed by atoms with Gasteiger partial charge >= 0.3 is 0 Å². The number of piperidine rings is 1. The molecule has 0 spiro atoms. The zero-order valence-electron chi connectivity index (χ0n) is 11.7. The smallest absolute Gasteiger partial charge is 0.00189 e. The van der Waals surface area contributed by atoms with E-state index in [4.69, 9.17) is 0 Å². The van der Waals surface area contributed by atoms with Crippen LogP contribution in [0.3, 0.4) is 0 Å². The standard InChI is InChI=1S/C16H26N2/c1-18(2)13-10-16(14-6-4-3-5-7-14)15-8-11-17-12-9-15/h3-7,15-17H,8-13H2,1-2H3. The molecule has 1 heterocycles. The van der Waals surface area contributed by atoms with Crippen LogP contribution in [0.1, 0.15) is 30.7 Å². The fraction of sp³-hybridized carbons (Fsp3) is 0.625. The average Bonchev–Trinajstić information content (AvgIpc) is 2.41. The lowest BCUT2D eigenvalue weighted by atomic mass is 9.78. The summed E-state index contributed by atoms with van der Waals surface area (Å²) in [7, 11) is 4.34. The van der Waals surface area contributed by atoms with Crippen molar-refractivity contribution in [2.24, 2.45) is 5.92 Å². The number of nitrogens with zero attached hydrogens (tertiary/aromatic N) is 1. The summed E-state index contributed by atoms with van der Waals surface area (Å²) in [6, 6.07) is 11.1. The van der Waals surface area contributed by atoms with Gasteiger partial charge in [0.25, 0.3) is 0 Å². The van der Waals surface area contributed by atoms with E-state index in [1.165, 1.54) is 44.5 Å². The van der Waals surface area contributed by atoms with Crippen molar-refractivity contribution >= 4 is 0 Å². The first kappa shape index (κ1) is 13.6. The monoisotopic (exact) mass is 246 g/mol. The maximum Gasteiger partial charge on any atom is -0.00189 e. The fourth-order valence-corrected chi connectivity index (χ4v) is 3.02. The predicted molar refractivity (Wildman–Crippen MR) is 77.9 cm³/mol. The average molecular weight is 246 g/mol. The van der Waals surface area contributed by atoms with Gasteiger partial charge in [-0.3, -0.25) is 0 Å². The second-order valence-corrected chi connectivity index (χ2v) is 5.70. The van der Waals surface area contributed by atoms with E-state index in [2.05, 4.69) is 54.6 Å². The molecule has 0 bridgehead atoms. The SMILES string of the molecule is CN(C)CCC(c1ccccc1)C1CCNCC1. The summed E-state index contributed by atoms with van der Waals surface area (Å²) < 4.78 is 0. The van der Waals surface area contributed by atoms with Crippen molar-refractivity contribution in [2.45, 2.75) is 25.2 Å². The lowest BCUT2D eigenvalue weighted by Crippen LogP contribution is -2.32. The fourth-order valence-electron chi connectivity index (χ4n) is 3.02. The normalized spacial score (nSPS) is 19.1. The molecule has 100 valence electrons. The van der Waals surface area contributed by atoms with Crippen molar-refractivity contribution in [2.75, 3.05) is 33.7 Å². The third-order valence-electron chi connectivity index (χ3n) is 4.07. The third kappa shape index (κ3) is 3.82. The minimum Gasteiger partial charge on any atom is -0.317 e. The van der Waals surface area contributed by atoms with Gasteiger partial charge in [-0.1, -0.05) is 30.3 Å². The van der Waals surface area contributed by atoms with Crippen LogP contribution < -0.4 is 5.32 Å². The van der Waals surface area contributed by atoms with Crippen molar-refractivity contribution in [1.29, 1.82) is 0 Å². The molecule has 1 aliphatic heterocycles. The van der Waals surface area contributed by atoms with E-state index < -0.39 is 0 Å². The summed E-state index contributed by atoms with van der Waals surface area (Å²) in [5, 5.41) is 3.48. The minimum atomic E-state index is 0.732. The zero-order chi connectivity index (χ0) is 12.8. The minimum absolute atomic E-state index is 0.732. The molecule has 1 aromatic rings. The summed E-state index contributed by atoms with van der Waals surface area (Å²) in [6.07, 6.45) is 3.93.